The molecule has 2 amide bonds. The summed E-state index contributed by atoms with van der Waals surface area (Å²) in [7, 11) is -4.60. The number of rotatable bonds is 14. The van der Waals surface area contributed by atoms with Gasteiger partial charge in [0.25, 0.3) is 5.69 Å². The van der Waals surface area contributed by atoms with Crippen molar-refractivity contribution in [1.29, 1.82) is 0 Å². The lowest BCUT2D eigenvalue weighted by Crippen LogP contribution is -2.45. The molecular weight excluding hydrogens is 585 g/mol. The largest absolute Gasteiger partial charge is 0.459 e. The number of esters is 1. The molecule has 0 radical (unpaired) electrons. The molecule has 0 aliphatic carbocycles. The van der Waals surface area contributed by atoms with Crippen LogP contribution in [-0.2, 0) is 47.9 Å². The fourth-order valence-electron chi connectivity index (χ4n) is 3.35. The van der Waals surface area contributed by atoms with Crippen LogP contribution in [-0.4, -0.2) is 46.4 Å². The molecule has 0 saturated heterocycles. The van der Waals surface area contributed by atoms with Gasteiger partial charge in [-0.3, -0.25) is 14.7 Å². The van der Waals surface area contributed by atoms with E-state index in [-0.39, 0.29) is 25.5 Å². The molecule has 0 aliphatic heterocycles. The molecule has 0 aromatic heterocycles. The van der Waals surface area contributed by atoms with Crippen molar-refractivity contribution in [3.8, 4) is 0 Å². The third-order valence-electron chi connectivity index (χ3n) is 5.77. The SMILES string of the molecule is CC(NC(=O)OCc1ccccc1)P(=O)(O)OC[C@@H](NC(=O)OCc1ccccc1)C(=O)OCc1ccc([N+](=O)[O-])cc1. The number of nitrogens with zero attached hydrogens (tertiary/aromatic N) is 1. The minimum atomic E-state index is -4.60. The predicted octanol–water partition coefficient (Wildman–Crippen LogP) is 4.41. The molecule has 0 heterocycles. The van der Waals surface area contributed by atoms with Crippen LogP contribution in [0, 0.1) is 10.1 Å². The topological polar surface area (TPSA) is 193 Å². The van der Waals surface area contributed by atoms with Crippen molar-refractivity contribution in [2.45, 2.75) is 38.6 Å². The Kier molecular flexibility index (Phi) is 12.2. The Morgan fingerprint density at radius 3 is 1.77 bits per heavy atom. The molecule has 0 saturated carbocycles. The molecule has 3 rings (SSSR count). The fourth-order valence-corrected chi connectivity index (χ4v) is 4.21. The number of carbonyl (C=O) groups excluding carboxylic acids is 3. The molecule has 14 nitrogen and oxygen atoms in total. The van der Waals surface area contributed by atoms with Gasteiger partial charge < -0.3 is 34.3 Å². The van der Waals surface area contributed by atoms with Crippen molar-refractivity contribution in [3.05, 3.63) is 112 Å². The highest BCUT2D eigenvalue weighted by Gasteiger charge is 2.34. The van der Waals surface area contributed by atoms with Crippen LogP contribution in [0.2, 0.25) is 0 Å². The van der Waals surface area contributed by atoms with Crippen molar-refractivity contribution in [3.63, 3.8) is 0 Å². The average molecular weight is 616 g/mol. The Hall–Kier alpha value is -4.78. The molecular formula is C28H30N3O11P. The third-order valence-corrected chi connectivity index (χ3v) is 7.40. The second-order valence-electron chi connectivity index (χ2n) is 9.03. The lowest BCUT2D eigenvalue weighted by Gasteiger charge is -2.23. The second kappa shape index (κ2) is 16.0. The van der Waals surface area contributed by atoms with Gasteiger partial charge in [0.15, 0.2) is 6.04 Å². The zero-order chi connectivity index (χ0) is 31.2. The lowest BCUT2D eigenvalue weighted by molar-refractivity contribution is -0.384. The summed E-state index contributed by atoms with van der Waals surface area (Å²) in [5.41, 5.74) is 1.62. The highest BCUT2D eigenvalue weighted by Crippen LogP contribution is 2.46. The van der Waals surface area contributed by atoms with E-state index in [1.165, 1.54) is 31.2 Å². The van der Waals surface area contributed by atoms with E-state index in [1.54, 1.807) is 60.7 Å². The fraction of sp³-hybridized carbons (Fsp3) is 0.250. The van der Waals surface area contributed by atoms with Crippen LogP contribution in [0.4, 0.5) is 15.3 Å². The van der Waals surface area contributed by atoms with Gasteiger partial charge >= 0.3 is 25.8 Å². The number of nitro benzene ring substituents is 1. The molecule has 0 spiro atoms. The number of nitro groups is 1. The number of nitrogens with one attached hydrogen (secondary N) is 2. The number of hydrogen-bond donors (Lipinski definition) is 3. The van der Waals surface area contributed by atoms with Gasteiger partial charge in [-0.2, -0.15) is 0 Å². The van der Waals surface area contributed by atoms with Crippen LogP contribution in [0.5, 0.6) is 0 Å². The maximum Gasteiger partial charge on any atom is 0.408 e. The molecule has 43 heavy (non-hydrogen) atoms. The highest BCUT2D eigenvalue weighted by atomic mass is 31.2. The van der Waals surface area contributed by atoms with Crippen LogP contribution in [0.3, 0.4) is 0 Å². The Morgan fingerprint density at radius 1 is 0.791 bits per heavy atom. The number of ether oxygens (including phenoxy) is 3. The quantitative estimate of drug-likeness (QED) is 0.0765. The van der Waals surface area contributed by atoms with Gasteiger partial charge in [-0.1, -0.05) is 60.7 Å². The smallest absolute Gasteiger partial charge is 0.408 e. The molecule has 228 valence electrons. The summed E-state index contributed by atoms with van der Waals surface area (Å²) in [6, 6.07) is 21.1. The second-order valence-corrected chi connectivity index (χ2v) is 11.2. The monoisotopic (exact) mass is 615 g/mol. The number of alkyl carbamates (subject to hydrolysis) is 2. The van der Waals surface area contributed by atoms with Crippen molar-refractivity contribution in [2.24, 2.45) is 0 Å². The molecule has 3 atom stereocenters. The van der Waals surface area contributed by atoms with Gasteiger partial charge in [0, 0.05) is 12.1 Å². The summed E-state index contributed by atoms with van der Waals surface area (Å²) in [5.74, 6) is -2.49. The molecule has 2 unspecified atom stereocenters. The predicted molar refractivity (Wildman–Crippen MR) is 151 cm³/mol. The van der Waals surface area contributed by atoms with E-state index >= 15 is 0 Å². The molecule has 3 aromatic carbocycles. The maximum absolute atomic E-state index is 12.8. The molecule has 0 fully saturated rings. The van der Waals surface area contributed by atoms with E-state index in [4.69, 9.17) is 18.7 Å². The van der Waals surface area contributed by atoms with E-state index in [0.29, 0.717) is 16.7 Å². The van der Waals surface area contributed by atoms with Gasteiger partial charge in [0.05, 0.1) is 11.5 Å². The van der Waals surface area contributed by atoms with Crippen LogP contribution in [0.25, 0.3) is 0 Å². The highest BCUT2D eigenvalue weighted by molar-refractivity contribution is 7.53. The van der Waals surface area contributed by atoms with E-state index in [2.05, 4.69) is 10.6 Å². The first-order valence-corrected chi connectivity index (χ1v) is 14.5. The first kappa shape index (κ1) is 32.7. The standard InChI is InChI=1S/C28H30N3O11P/c1-20(29-27(33)40-17-21-8-4-2-5-9-21)43(37,38)42-19-25(30-28(34)41-18-22-10-6-3-7-11-22)26(32)39-16-23-12-14-24(15-13-23)31(35)36/h2-15,20,25H,16-19H2,1H3,(H,29,33)(H,30,34)(H,37,38)/t20?,25-/m1/s1. The first-order chi connectivity index (χ1) is 20.5. The zero-order valence-corrected chi connectivity index (χ0v) is 23.9. The molecule has 0 aliphatic rings. The number of hydrogen-bond acceptors (Lipinski definition) is 10. The lowest BCUT2D eigenvalue weighted by atomic mass is 10.2. The van der Waals surface area contributed by atoms with Crippen LogP contribution in [0.1, 0.15) is 23.6 Å². The van der Waals surface area contributed by atoms with Gasteiger partial charge in [0.2, 0.25) is 0 Å². The summed E-state index contributed by atoms with van der Waals surface area (Å²) in [4.78, 5) is 58.1. The summed E-state index contributed by atoms with van der Waals surface area (Å²) in [6.07, 6.45) is -2.01. The van der Waals surface area contributed by atoms with Gasteiger partial charge in [-0.15, -0.1) is 0 Å². The minimum absolute atomic E-state index is 0.0757. The van der Waals surface area contributed by atoms with Crippen molar-refractivity contribution >= 4 is 31.4 Å². The van der Waals surface area contributed by atoms with E-state index in [0.717, 1.165) is 0 Å². The van der Waals surface area contributed by atoms with Crippen LogP contribution < -0.4 is 10.6 Å². The molecule has 3 N–H and O–H groups in total. The van der Waals surface area contributed by atoms with Gasteiger partial charge in [-0.25, -0.2) is 14.4 Å². The van der Waals surface area contributed by atoms with E-state index in [9.17, 15) is 34.0 Å². The van der Waals surface area contributed by atoms with Crippen molar-refractivity contribution in [2.75, 3.05) is 6.61 Å². The van der Waals surface area contributed by atoms with Crippen molar-refractivity contribution < 1.29 is 47.5 Å². The molecule has 3 aromatic rings. The average Bonchev–Trinajstić information content (AvgIpc) is 3.01. The first-order valence-electron chi connectivity index (χ1n) is 12.8. The number of amides is 2. The molecule has 15 heteroatoms. The van der Waals surface area contributed by atoms with Gasteiger partial charge in [0.1, 0.15) is 25.6 Å². The Labute approximate surface area is 246 Å². The van der Waals surface area contributed by atoms with Gasteiger partial charge in [-0.05, 0) is 35.7 Å². The Morgan fingerprint density at radius 2 is 1.26 bits per heavy atom. The maximum atomic E-state index is 12.8. The minimum Gasteiger partial charge on any atom is -0.459 e. The normalized spacial score (nSPS) is 13.4. The van der Waals surface area contributed by atoms with E-state index in [1.807, 2.05) is 0 Å². The zero-order valence-electron chi connectivity index (χ0n) is 23.0. The van der Waals surface area contributed by atoms with Crippen LogP contribution >= 0.6 is 7.60 Å². The third kappa shape index (κ3) is 11.2. The Balaban J connectivity index is 1.59. The summed E-state index contributed by atoms with van der Waals surface area (Å²) in [6.45, 7) is -0.140. The number of benzene rings is 3. The molecule has 0 bridgehead atoms. The summed E-state index contributed by atoms with van der Waals surface area (Å²) >= 11 is 0. The van der Waals surface area contributed by atoms with Crippen molar-refractivity contribution in [1.82, 2.24) is 10.6 Å². The van der Waals surface area contributed by atoms with Crippen LogP contribution in [0.15, 0.2) is 84.9 Å². The summed E-state index contributed by atoms with van der Waals surface area (Å²) < 4.78 is 33.3. The number of non-ortho nitro benzene ring substituents is 1. The Bertz CT molecular complexity index is 1420. The summed E-state index contributed by atoms with van der Waals surface area (Å²) in [5, 5.41) is 15.3. The number of carbonyl (C=O) groups is 3. The van der Waals surface area contributed by atoms with E-state index < -0.39 is 49.1 Å².